The highest BCUT2D eigenvalue weighted by molar-refractivity contribution is 7.98. The number of aromatic nitrogens is 1. The van der Waals surface area contributed by atoms with Gasteiger partial charge in [0.2, 0.25) is 0 Å². The Morgan fingerprint density at radius 1 is 1.25 bits per heavy atom. The molecule has 0 saturated carbocycles. The number of urea groups is 1. The number of pyridine rings is 1. The number of nitrogens with one attached hydrogen (secondary N) is 2. The van der Waals surface area contributed by atoms with E-state index in [0.717, 1.165) is 16.3 Å². The van der Waals surface area contributed by atoms with Crippen molar-refractivity contribution >= 4 is 23.5 Å². The fourth-order valence-corrected chi connectivity index (χ4v) is 2.23. The summed E-state index contributed by atoms with van der Waals surface area (Å²) in [5, 5.41) is 5.69. The smallest absolute Gasteiger partial charge is 0.319 e. The summed E-state index contributed by atoms with van der Waals surface area (Å²) >= 11 is 1.64. The predicted octanol–water partition coefficient (Wildman–Crippen LogP) is 3.69. The van der Waals surface area contributed by atoms with Gasteiger partial charge < -0.3 is 10.6 Å². The summed E-state index contributed by atoms with van der Waals surface area (Å²) in [6.45, 7) is 1.90. The SMILES string of the molecule is CSc1cccc(NC(=O)NC(C)c2ccccn2)c1. The first-order valence-corrected chi connectivity index (χ1v) is 7.54. The Morgan fingerprint density at radius 3 is 2.80 bits per heavy atom. The second-order valence-corrected chi connectivity index (χ2v) is 5.19. The van der Waals surface area contributed by atoms with Crippen LogP contribution < -0.4 is 10.6 Å². The molecule has 1 aromatic heterocycles. The van der Waals surface area contributed by atoms with Gasteiger partial charge in [0.15, 0.2) is 0 Å². The van der Waals surface area contributed by atoms with E-state index >= 15 is 0 Å². The quantitative estimate of drug-likeness (QED) is 0.843. The van der Waals surface area contributed by atoms with Crippen LogP contribution in [0.15, 0.2) is 53.6 Å². The molecule has 1 aromatic carbocycles. The van der Waals surface area contributed by atoms with E-state index in [1.165, 1.54) is 0 Å². The summed E-state index contributed by atoms with van der Waals surface area (Å²) in [5.74, 6) is 0. The number of carbonyl (C=O) groups is 1. The van der Waals surface area contributed by atoms with Gasteiger partial charge in [-0.1, -0.05) is 12.1 Å². The van der Waals surface area contributed by atoms with E-state index in [-0.39, 0.29) is 12.1 Å². The third-order valence-corrected chi connectivity index (χ3v) is 3.53. The minimum Gasteiger partial charge on any atom is -0.330 e. The zero-order valence-corrected chi connectivity index (χ0v) is 12.3. The maximum atomic E-state index is 11.9. The van der Waals surface area contributed by atoms with Gasteiger partial charge in [-0.05, 0) is 43.5 Å². The van der Waals surface area contributed by atoms with Gasteiger partial charge in [0.05, 0.1) is 11.7 Å². The van der Waals surface area contributed by atoms with Crippen molar-refractivity contribution in [2.75, 3.05) is 11.6 Å². The van der Waals surface area contributed by atoms with Crippen LogP contribution in [0.5, 0.6) is 0 Å². The lowest BCUT2D eigenvalue weighted by atomic mass is 10.2. The lowest BCUT2D eigenvalue weighted by Gasteiger charge is -2.14. The third-order valence-electron chi connectivity index (χ3n) is 2.81. The summed E-state index contributed by atoms with van der Waals surface area (Å²) in [7, 11) is 0. The number of nitrogens with zero attached hydrogens (tertiary/aromatic N) is 1. The highest BCUT2D eigenvalue weighted by atomic mass is 32.2. The predicted molar refractivity (Wildman–Crippen MR) is 83.0 cm³/mol. The Bertz CT molecular complexity index is 574. The van der Waals surface area contributed by atoms with Gasteiger partial charge in [0.25, 0.3) is 0 Å². The summed E-state index contributed by atoms with van der Waals surface area (Å²) in [4.78, 5) is 17.3. The van der Waals surface area contributed by atoms with E-state index in [9.17, 15) is 4.79 Å². The van der Waals surface area contributed by atoms with Crippen LogP contribution in [0.3, 0.4) is 0 Å². The molecule has 0 aliphatic heterocycles. The molecule has 1 unspecified atom stereocenters. The van der Waals surface area contributed by atoms with Gasteiger partial charge in [0, 0.05) is 16.8 Å². The van der Waals surface area contributed by atoms with Crippen LogP contribution in [0, 0.1) is 0 Å². The van der Waals surface area contributed by atoms with Crippen molar-refractivity contribution in [1.29, 1.82) is 0 Å². The number of amides is 2. The second kappa shape index (κ2) is 6.96. The van der Waals surface area contributed by atoms with Gasteiger partial charge in [0.1, 0.15) is 0 Å². The zero-order chi connectivity index (χ0) is 14.4. The maximum absolute atomic E-state index is 11.9. The molecule has 4 nitrogen and oxygen atoms in total. The molecule has 20 heavy (non-hydrogen) atoms. The van der Waals surface area contributed by atoms with E-state index in [2.05, 4.69) is 15.6 Å². The molecule has 0 aliphatic rings. The van der Waals surface area contributed by atoms with Crippen molar-refractivity contribution in [3.05, 3.63) is 54.4 Å². The van der Waals surface area contributed by atoms with Crippen LogP contribution in [0.4, 0.5) is 10.5 Å². The Kier molecular flexibility index (Phi) is 5.01. The van der Waals surface area contributed by atoms with E-state index in [4.69, 9.17) is 0 Å². The fraction of sp³-hybridized carbons (Fsp3) is 0.200. The fourth-order valence-electron chi connectivity index (χ4n) is 1.77. The highest BCUT2D eigenvalue weighted by Crippen LogP contribution is 2.19. The first-order chi connectivity index (χ1) is 9.69. The molecule has 2 amide bonds. The Balaban J connectivity index is 1.95. The Labute approximate surface area is 123 Å². The highest BCUT2D eigenvalue weighted by Gasteiger charge is 2.10. The number of rotatable bonds is 4. The van der Waals surface area contributed by atoms with Crippen LogP contribution >= 0.6 is 11.8 Å². The maximum Gasteiger partial charge on any atom is 0.319 e. The summed E-state index contributed by atoms with van der Waals surface area (Å²) in [6, 6.07) is 13.0. The molecule has 5 heteroatoms. The molecule has 104 valence electrons. The van der Waals surface area contributed by atoms with Crippen molar-refractivity contribution in [2.24, 2.45) is 0 Å². The first kappa shape index (κ1) is 14.4. The largest absolute Gasteiger partial charge is 0.330 e. The Morgan fingerprint density at radius 2 is 2.10 bits per heavy atom. The molecule has 2 rings (SSSR count). The molecule has 0 saturated heterocycles. The number of benzene rings is 1. The lowest BCUT2D eigenvalue weighted by molar-refractivity contribution is 0.249. The first-order valence-electron chi connectivity index (χ1n) is 6.31. The van der Waals surface area contributed by atoms with Gasteiger partial charge in [-0.25, -0.2) is 4.79 Å². The number of hydrogen-bond donors (Lipinski definition) is 2. The molecular formula is C15H17N3OS. The Hall–Kier alpha value is -2.01. The van der Waals surface area contributed by atoms with Crippen molar-refractivity contribution < 1.29 is 4.79 Å². The summed E-state index contributed by atoms with van der Waals surface area (Å²) in [6.07, 6.45) is 3.72. The second-order valence-electron chi connectivity index (χ2n) is 4.31. The van der Waals surface area contributed by atoms with Crippen LogP contribution in [0.25, 0.3) is 0 Å². The van der Waals surface area contributed by atoms with Crippen molar-refractivity contribution in [3.8, 4) is 0 Å². The van der Waals surface area contributed by atoms with E-state index in [1.54, 1.807) is 18.0 Å². The van der Waals surface area contributed by atoms with Crippen LogP contribution in [-0.2, 0) is 0 Å². The molecule has 0 aliphatic carbocycles. The minimum absolute atomic E-state index is 0.139. The number of hydrogen-bond acceptors (Lipinski definition) is 3. The topological polar surface area (TPSA) is 54.0 Å². The van der Waals surface area contributed by atoms with Gasteiger partial charge in [-0.15, -0.1) is 11.8 Å². The van der Waals surface area contributed by atoms with Crippen LogP contribution in [-0.4, -0.2) is 17.3 Å². The van der Waals surface area contributed by atoms with Crippen molar-refractivity contribution in [3.63, 3.8) is 0 Å². The normalized spacial score (nSPS) is 11.7. The van der Waals surface area contributed by atoms with Gasteiger partial charge in [-0.2, -0.15) is 0 Å². The molecule has 0 radical (unpaired) electrons. The zero-order valence-electron chi connectivity index (χ0n) is 11.5. The molecule has 2 N–H and O–H groups in total. The van der Waals surface area contributed by atoms with E-state index in [0.29, 0.717) is 0 Å². The number of anilines is 1. The summed E-state index contributed by atoms with van der Waals surface area (Å²) < 4.78 is 0. The molecule has 1 heterocycles. The standard InChI is InChI=1S/C15H17N3OS/c1-11(14-8-3-4-9-16-14)17-15(19)18-12-6-5-7-13(10-12)20-2/h3-11H,1-2H3,(H2,17,18,19). The summed E-state index contributed by atoms with van der Waals surface area (Å²) in [5.41, 5.74) is 1.61. The molecule has 0 fully saturated rings. The molecular weight excluding hydrogens is 270 g/mol. The lowest BCUT2D eigenvalue weighted by Crippen LogP contribution is -2.31. The third kappa shape index (κ3) is 3.99. The number of carbonyl (C=O) groups excluding carboxylic acids is 1. The number of thioether (sulfide) groups is 1. The van der Waals surface area contributed by atoms with Crippen molar-refractivity contribution in [1.82, 2.24) is 10.3 Å². The van der Waals surface area contributed by atoms with E-state index < -0.39 is 0 Å². The monoisotopic (exact) mass is 287 g/mol. The molecule has 2 aromatic rings. The van der Waals surface area contributed by atoms with Gasteiger partial charge >= 0.3 is 6.03 Å². The van der Waals surface area contributed by atoms with E-state index in [1.807, 2.05) is 55.6 Å². The minimum atomic E-state index is -0.235. The van der Waals surface area contributed by atoms with Crippen molar-refractivity contribution in [2.45, 2.75) is 17.9 Å². The molecule has 0 bridgehead atoms. The molecule has 1 atom stereocenters. The van der Waals surface area contributed by atoms with Crippen LogP contribution in [0.2, 0.25) is 0 Å². The average molecular weight is 287 g/mol. The van der Waals surface area contributed by atoms with Crippen LogP contribution in [0.1, 0.15) is 18.7 Å². The molecule has 0 spiro atoms. The van der Waals surface area contributed by atoms with Gasteiger partial charge in [-0.3, -0.25) is 4.98 Å². The average Bonchev–Trinajstić information content (AvgIpc) is 2.48.